The molecule has 2 heteroatoms. The van der Waals surface area contributed by atoms with Gasteiger partial charge in [0.25, 0.3) is 0 Å². The summed E-state index contributed by atoms with van der Waals surface area (Å²) in [5.74, 6) is 0. The lowest BCUT2D eigenvalue weighted by atomic mass is 10.4. The van der Waals surface area contributed by atoms with Crippen LogP contribution < -0.4 is 0 Å². The highest BCUT2D eigenvalue weighted by Gasteiger charge is 2.03. The van der Waals surface area contributed by atoms with Crippen LogP contribution in [-0.2, 0) is 9.47 Å². The zero-order valence-corrected chi connectivity index (χ0v) is 7.64. The second kappa shape index (κ2) is 8.02. The molecule has 0 aromatic rings. The smallest absolute Gasteiger partial charge is 0.157 e. The zero-order chi connectivity index (χ0) is 8.53. The third-order valence-corrected chi connectivity index (χ3v) is 1.25. The first-order valence-corrected chi connectivity index (χ1v) is 4.37. The van der Waals surface area contributed by atoms with Gasteiger partial charge in [-0.3, -0.25) is 0 Å². The van der Waals surface area contributed by atoms with Crippen molar-refractivity contribution in [2.45, 2.75) is 39.4 Å². The van der Waals surface area contributed by atoms with Crippen LogP contribution in [0.15, 0.2) is 0 Å². The normalized spacial score (nSPS) is 10.9. The Morgan fingerprint density at radius 3 is 1.82 bits per heavy atom. The Kier molecular flexibility index (Phi) is 7.96. The maximum Gasteiger partial charge on any atom is 0.157 e. The minimum absolute atomic E-state index is 0.0881. The summed E-state index contributed by atoms with van der Waals surface area (Å²) in [5, 5.41) is 0. The van der Waals surface area contributed by atoms with Gasteiger partial charge < -0.3 is 9.47 Å². The fraction of sp³-hybridized carbons (Fsp3) is 0.889. The minimum atomic E-state index is -0.0881. The van der Waals surface area contributed by atoms with Crippen LogP contribution >= 0.6 is 0 Å². The van der Waals surface area contributed by atoms with E-state index in [1.54, 1.807) is 0 Å². The van der Waals surface area contributed by atoms with Crippen molar-refractivity contribution in [3.8, 4) is 0 Å². The Labute approximate surface area is 69.9 Å². The van der Waals surface area contributed by atoms with E-state index in [4.69, 9.17) is 9.47 Å². The molecule has 0 saturated carbocycles. The molecule has 0 unspecified atom stereocenters. The van der Waals surface area contributed by atoms with E-state index in [0.29, 0.717) is 6.42 Å². The van der Waals surface area contributed by atoms with Gasteiger partial charge in [0, 0.05) is 13.2 Å². The van der Waals surface area contributed by atoms with E-state index in [1.165, 1.54) is 0 Å². The van der Waals surface area contributed by atoms with E-state index < -0.39 is 0 Å². The van der Waals surface area contributed by atoms with Crippen LogP contribution in [0.5, 0.6) is 0 Å². The van der Waals surface area contributed by atoms with Crippen LogP contribution in [-0.4, -0.2) is 19.5 Å². The first-order valence-electron chi connectivity index (χ1n) is 4.37. The van der Waals surface area contributed by atoms with Crippen LogP contribution in [0.25, 0.3) is 0 Å². The molecule has 0 atom stereocenters. The fourth-order valence-corrected chi connectivity index (χ4v) is 0.713. The second-order valence-corrected chi connectivity index (χ2v) is 2.46. The molecule has 0 fully saturated rings. The molecular weight excluding hydrogens is 140 g/mol. The average molecular weight is 159 g/mol. The van der Waals surface area contributed by atoms with Crippen LogP contribution in [0.3, 0.4) is 0 Å². The van der Waals surface area contributed by atoms with Gasteiger partial charge in [-0.2, -0.15) is 0 Å². The summed E-state index contributed by atoms with van der Waals surface area (Å²) in [4.78, 5) is 0. The van der Waals surface area contributed by atoms with Crippen molar-refractivity contribution in [2.24, 2.45) is 0 Å². The van der Waals surface area contributed by atoms with Gasteiger partial charge in [0.2, 0.25) is 0 Å². The molecule has 0 aromatic heterocycles. The van der Waals surface area contributed by atoms with E-state index in [0.717, 1.165) is 26.1 Å². The summed E-state index contributed by atoms with van der Waals surface area (Å²) < 4.78 is 10.7. The highest BCUT2D eigenvalue weighted by Crippen LogP contribution is 2.01. The van der Waals surface area contributed by atoms with Gasteiger partial charge in [-0.25, -0.2) is 0 Å². The predicted molar refractivity (Wildman–Crippen MR) is 46.2 cm³/mol. The molecule has 11 heavy (non-hydrogen) atoms. The Bertz CT molecular complexity index is 66.0. The highest BCUT2D eigenvalue weighted by atomic mass is 16.7. The Balaban J connectivity index is 3.25. The third-order valence-electron chi connectivity index (χ3n) is 1.25. The second-order valence-electron chi connectivity index (χ2n) is 2.46. The van der Waals surface area contributed by atoms with Gasteiger partial charge in [-0.1, -0.05) is 13.8 Å². The lowest BCUT2D eigenvalue weighted by Gasteiger charge is -2.15. The van der Waals surface area contributed by atoms with Crippen LogP contribution in [0.4, 0.5) is 0 Å². The quantitative estimate of drug-likeness (QED) is 0.531. The van der Waals surface area contributed by atoms with Gasteiger partial charge in [-0.15, -0.1) is 0 Å². The SMILES string of the molecule is [CH2]CC(OCCC)OCCC. The molecule has 0 bridgehead atoms. The van der Waals surface area contributed by atoms with Gasteiger partial charge in [-0.05, 0) is 26.2 Å². The summed E-state index contributed by atoms with van der Waals surface area (Å²) in [7, 11) is 0. The van der Waals surface area contributed by atoms with E-state index in [9.17, 15) is 0 Å². The van der Waals surface area contributed by atoms with Crippen molar-refractivity contribution < 1.29 is 9.47 Å². The lowest BCUT2D eigenvalue weighted by molar-refractivity contribution is -0.140. The molecule has 2 nitrogen and oxygen atoms in total. The van der Waals surface area contributed by atoms with Gasteiger partial charge in [0.1, 0.15) is 0 Å². The first kappa shape index (κ1) is 10.9. The number of ether oxygens (including phenoxy) is 2. The fourth-order valence-electron chi connectivity index (χ4n) is 0.713. The molecule has 0 heterocycles. The van der Waals surface area contributed by atoms with Crippen molar-refractivity contribution in [3.05, 3.63) is 6.92 Å². The van der Waals surface area contributed by atoms with Crippen molar-refractivity contribution >= 4 is 0 Å². The van der Waals surface area contributed by atoms with Crippen LogP contribution in [0.2, 0.25) is 0 Å². The maximum atomic E-state index is 5.36. The number of rotatable bonds is 7. The summed E-state index contributed by atoms with van der Waals surface area (Å²) in [6.45, 7) is 9.44. The Hall–Kier alpha value is -0.0800. The van der Waals surface area contributed by atoms with Crippen LogP contribution in [0, 0.1) is 6.92 Å². The lowest BCUT2D eigenvalue weighted by Crippen LogP contribution is -2.17. The summed E-state index contributed by atoms with van der Waals surface area (Å²) in [6.07, 6.45) is 2.67. The molecule has 0 aliphatic rings. The van der Waals surface area contributed by atoms with Crippen LogP contribution in [0.1, 0.15) is 33.1 Å². The summed E-state index contributed by atoms with van der Waals surface area (Å²) in [6, 6.07) is 0. The van der Waals surface area contributed by atoms with E-state index in [1.807, 2.05) is 0 Å². The van der Waals surface area contributed by atoms with E-state index >= 15 is 0 Å². The molecule has 0 spiro atoms. The van der Waals surface area contributed by atoms with Gasteiger partial charge >= 0.3 is 0 Å². The van der Waals surface area contributed by atoms with Crippen molar-refractivity contribution in [1.82, 2.24) is 0 Å². The summed E-state index contributed by atoms with van der Waals surface area (Å²) in [5.41, 5.74) is 0. The third kappa shape index (κ3) is 6.32. The van der Waals surface area contributed by atoms with E-state index in [-0.39, 0.29) is 6.29 Å². The summed E-state index contributed by atoms with van der Waals surface area (Å²) >= 11 is 0. The Morgan fingerprint density at radius 1 is 1.09 bits per heavy atom. The number of hydrogen-bond acceptors (Lipinski definition) is 2. The van der Waals surface area contributed by atoms with Gasteiger partial charge in [0.05, 0.1) is 0 Å². The zero-order valence-electron chi connectivity index (χ0n) is 7.64. The molecule has 0 N–H and O–H groups in total. The molecule has 0 aliphatic carbocycles. The number of hydrogen-bond donors (Lipinski definition) is 0. The molecule has 1 radical (unpaired) electrons. The van der Waals surface area contributed by atoms with Crippen molar-refractivity contribution in [3.63, 3.8) is 0 Å². The predicted octanol–water partition coefficient (Wildman–Crippen LogP) is 2.39. The molecule has 0 saturated heterocycles. The maximum absolute atomic E-state index is 5.36. The van der Waals surface area contributed by atoms with Crippen molar-refractivity contribution in [1.29, 1.82) is 0 Å². The molecule has 0 aliphatic heterocycles. The van der Waals surface area contributed by atoms with Crippen molar-refractivity contribution in [2.75, 3.05) is 13.2 Å². The molecule has 0 rings (SSSR count). The molecular formula is C9H19O2. The molecule has 0 aromatic carbocycles. The monoisotopic (exact) mass is 159 g/mol. The molecule has 67 valence electrons. The minimum Gasteiger partial charge on any atom is -0.353 e. The molecule has 0 amide bonds. The highest BCUT2D eigenvalue weighted by molar-refractivity contribution is 4.46. The standard InChI is InChI=1S/C9H19O2/c1-4-7-10-9(6-3)11-8-5-2/h9H,3-8H2,1-2H3. The average Bonchev–Trinajstić information content (AvgIpc) is 2.05. The topological polar surface area (TPSA) is 18.5 Å². The largest absolute Gasteiger partial charge is 0.353 e. The first-order chi connectivity index (χ1) is 5.35. The van der Waals surface area contributed by atoms with Gasteiger partial charge in [0.15, 0.2) is 6.29 Å². The Morgan fingerprint density at radius 2 is 1.55 bits per heavy atom. The van der Waals surface area contributed by atoms with E-state index in [2.05, 4.69) is 20.8 Å².